The molecule has 1 unspecified atom stereocenters. The van der Waals surface area contributed by atoms with E-state index in [0.29, 0.717) is 11.3 Å². The zero-order valence-corrected chi connectivity index (χ0v) is 14.5. The van der Waals surface area contributed by atoms with E-state index in [1.165, 1.54) is 18.9 Å². The zero-order valence-electron chi connectivity index (χ0n) is 14.5. The number of carbonyl (C=O) groups is 1. The summed E-state index contributed by atoms with van der Waals surface area (Å²) < 4.78 is 14.7. The van der Waals surface area contributed by atoms with E-state index in [-0.39, 0.29) is 11.9 Å². The molecular formula is C19H20FN5O. The second-order valence-electron chi connectivity index (χ2n) is 6.56. The number of carbonyl (C=O) groups excluding carboxylic acids is 1. The third-order valence-electron chi connectivity index (χ3n) is 4.76. The predicted octanol–water partition coefficient (Wildman–Crippen LogP) is 2.96. The van der Waals surface area contributed by atoms with Gasteiger partial charge in [0.15, 0.2) is 0 Å². The molecule has 0 radical (unpaired) electrons. The van der Waals surface area contributed by atoms with Crippen molar-refractivity contribution in [2.75, 3.05) is 18.0 Å². The van der Waals surface area contributed by atoms with Crippen molar-refractivity contribution >= 4 is 17.1 Å². The van der Waals surface area contributed by atoms with Gasteiger partial charge >= 0.3 is 0 Å². The lowest BCUT2D eigenvalue weighted by Gasteiger charge is -2.17. The van der Waals surface area contributed by atoms with Crippen LogP contribution in [0.25, 0.3) is 5.52 Å². The number of fused-ring (bicyclic) bond motifs is 1. The molecule has 3 aromatic heterocycles. The maximum atomic E-state index is 13.0. The Morgan fingerprint density at radius 1 is 1.23 bits per heavy atom. The molecule has 4 heterocycles. The molecule has 1 atom stereocenters. The summed E-state index contributed by atoms with van der Waals surface area (Å²) in [7, 11) is 0. The molecule has 0 aromatic carbocycles. The van der Waals surface area contributed by atoms with Crippen LogP contribution in [0.5, 0.6) is 0 Å². The van der Waals surface area contributed by atoms with E-state index in [1.54, 1.807) is 16.8 Å². The summed E-state index contributed by atoms with van der Waals surface area (Å²) >= 11 is 0. The van der Waals surface area contributed by atoms with Crippen LogP contribution in [-0.2, 0) is 0 Å². The second-order valence-corrected chi connectivity index (χ2v) is 6.56. The van der Waals surface area contributed by atoms with Gasteiger partial charge in [-0.05, 0) is 44.0 Å². The Morgan fingerprint density at radius 3 is 2.77 bits per heavy atom. The molecule has 7 heteroatoms. The maximum Gasteiger partial charge on any atom is 0.255 e. The first-order valence-corrected chi connectivity index (χ1v) is 8.76. The lowest BCUT2D eigenvalue weighted by atomic mass is 10.2. The lowest BCUT2D eigenvalue weighted by Crippen LogP contribution is -2.27. The van der Waals surface area contributed by atoms with Gasteiger partial charge in [-0.3, -0.25) is 9.78 Å². The fourth-order valence-corrected chi connectivity index (χ4v) is 3.31. The van der Waals surface area contributed by atoms with Crippen LogP contribution in [0.1, 0.15) is 41.9 Å². The summed E-state index contributed by atoms with van der Waals surface area (Å²) in [6, 6.07) is 6.61. The Morgan fingerprint density at radius 2 is 2.04 bits per heavy atom. The molecule has 1 aliphatic rings. The van der Waals surface area contributed by atoms with E-state index in [9.17, 15) is 9.18 Å². The highest BCUT2D eigenvalue weighted by atomic mass is 19.1. The van der Waals surface area contributed by atoms with Crippen molar-refractivity contribution in [2.45, 2.75) is 25.8 Å². The third kappa shape index (κ3) is 3.12. The van der Waals surface area contributed by atoms with Crippen LogP contribution < -0.4 is 10.2 Å². The van der Waals surface area contributed by atoms with Crippen LogP contribution in [0.2, 0.25) is 0 Å². The molecule has 1 aliphatic heterocycles. The number of hydrogen-bond acceptors (Lipinski definition) is 4. The van der Waals surface area contributed by atoms with E-state index in [4.69, 9.17) is 0 Å². The van der Waals surface area contributed by atoms with Gasteiger partial charge in [0.25, 0.3) is 5.91 Å². The van der Waals surface area contributed by atoms with Crippen LogP contribution in [0.4, 0.5) is 10.1 Å². The number of halogens is 1. The van der Waals surface area contributed by atoms with E-state index in [2.05, 4.69) is 20.3 Å². The Balaban J connectivity index is 1.57. The molecule has 0 bridgehead atoms. The first kappa shape index (κ1) is 16.5. The largest absolute Gasteiger partial charge is 0.371 e. The van der Waals surface area contributed by atoms with Crippen molar-refractivity contribution in [3.05, 3.63) is 59.9 Å². The molecule has 4 rings (SSSR count). The normalized spacial score (nSPS) is 15.4. The summed E-state index contributed by atoms with van der Waals surface area (Å²) in [6.07, 6.45) is 6.99. The quantitative estimate of drug-likeness (QED) is 0.783. The summed E-state index contributed by atoms with van der Waals surface area (Å²) in [5, 5.41) is 7.18. The molecule has 1 saturated heterocycles. The molecular weight excluding hydrogens is 333 g/mol. The van der Waals surface area contributed by atoms with Crippen molar-refractivity contribution in [2.24, 2.45) is 0 Å². The monoisotopic (exact) mass is 353 g/mol. The molecule has 0 aliphatic carbocycles. The fourth-order valence-electron chi connectivity index (χ4n) is 3.31. The molecule has 6 nitrogen and oxygen atoms in total. The second kappa shape index (κ2) is 6.74. The van der Waals surface area contributed by atoms with E-state index in [0.717, 1.165) is 30.5 Å². The Hall–Kier alpha value is -2.96. The molecule has 0 saturated carbocycles. The maximum absolute atomic E-state index is 13.0. The highest BCUT2D eigenvalue weighted by molar-refractivity contribution is 6.01. The summed E-state index contributed by atoms with van der Waals surface area (Å²) in [4.78, 5) is 19.1. The molecule has 1 N–H and O–H groups in total. The van der Waals surface area contributed by atoms with E-state index >= 15 is 0 Å². The number of anilines is 1. The molecule has 134 valence electrons. The van der Waals surface area contributed by atoms with Crippen LogP contribution in [0.3, 0.4) is 0 Å². The van der Waals surface area contributed by atoms with Gasteiger partial charge in [-0.1, -0.05) is 0 Å². The Labute approximate surface area is 150 Å². The Bertz CT molecular complexity index is 931. The number of nitrogens with one attached hydrogen (secondary N) is 1. The van der Waals surface area contributed by atoms with Gasteiger partial charge in [0.1, 0.15) is 5.82 Å². The van der Waals surface area contributed by atoms with Gasteiger partial charge in [-0.25, -0.2) is 8.91 Å². The zero-order chi connectivity index (χ0) is 18.1. The average molecular weight is 353 g/mol. The van der Waals surface area contributed by atoms with Crippen molar-refractivity contribution in [3.63, 3.8) is 0 Å². The first-order chi connectivity index (χ1) is 12.6. The van der Waals surface area contributed by atoms with Crippen molar-refractivity contribution < 1.29 is 9.18 Å². The molecule has 1 fully saturated rings. The topological polar surface area (TPSA) is 62.5 Å². The minimum Gasteiger partial charge on any atom is -0.371 e. The summed E-state index contributed by atoms with van der Waals surface area (Å²) in [6.45, 7) is 3.90. The fraction of sp³-hybridized carbons (Fsp3) is 0.316. The van der Waals surface area contributed by atoms with Crippen LogP contribution in [0.15, 0.2) is 42.9 Å². The van der Waals surface area contributed by atoms with Gasteiger partial charge in [0.2, 0.25) is 0 Å². The number of hydrogen-bond donors (Lipinski definition) is 1. The molecule has 1 amide bonds. The van der Waals surface area contributed by atoms with Crippen molar-refractivity contribution in [1.82, 2.24) is 19.9 Å². The SMILES string of the molecule is CC(NC(=O)c1cnn2ccc(N3CCCC3)cc12)c1ccc(F)cn1. The molecule has 26 heavy (non-hydrogen) atoms. The van der Waals surface area contributed by atoms with Crippen LogP contribution in [0, 0.1) is 5.82 Å². The van der Waals surface area contributed by atoms with Crippen LogP contribution in [-0.4, -0.2) is 33.6 Å². The standard InChI is InChI=1S/C19H20FN5O/c1-13(17-5-4-14(20)11-21-17)23-19(26)16-12-22-25-9-6-15(10-18(16)25)24-7-2-3-8-24/h4-6,9-13H,2-3,7-8H2,1H3,(H,23,26). The minimum atomic E-state index is -0.399. The van der Waals surface area contributed by atoms with Crippen molar-refractivity contribution in [3.8, 4) is 0 Å². The van der Waals surface area contributed by atoms with Crippen LogP contribution >= 0.6 is 0 Å². The Kier molecular flexibility index (Phi) is 4.28. The average Bonchev–Trinajstić information content (AvgIpc) is 3.31. The first-order valence-electron chi connectivity index (χ1n) is 8.76. The lowest BCUT2D eigenvalue weighted by molar-refractivity contribution is 0.0941. The summed E-state index contributed by atoms with van der Waals surface area (Å²) in [5.41, 5.74) is 3.00. The van der Waals surface area contributed by atoms with Gasteiger partial charge < -0.3 is 10.2 Å². The van der Waals surface area contributed by atoms with Gasteiger partial charge in [-0.2, -0.15) is 5.10 Å². The predicted molar refractivity (Wildman–Crippen MR) is 96.7 cm³/mol. The van der Waals surface area contributed by atoms with Gasteiger partial charge in [0, 0.05) is 25.0 Å². The van der Waals surface area contributed by atoms with Gasteiger partial charge in [-0.15, -0.1) is 0 Å². The third-order valence-corrected chi connectivity index (χ3v) is 4.76. The van der Waals surface area contributed by atoms with Crippen molar-refractivity contribution in [1.29, 1.82) is 0 Å². The highest BCUT2D eigenvalue weighted by Crippen LogP contribution is 2.23. The number of nitrogens with zero attached hydrogens (tertiary/aromatic N) is 4. The number of pyridine rings is 2. The number of amides is 1. The molecule has 0 spiro atoms. The highest BCUT2D eigenvalue weighted by Gasteiger charge is 2.19. The minimum absolute atomic E-state index is 0.225. The smallest absolute Gasteiger partial charge is 0.255 e. The van der Waals surface area contributed by atoms with E-state index < -0.39 is 5.82 Å². The molecule has 3 aromatic rings. The number of rotatable bonds is 4. The number of aromatic nitrogens is 3. The van der Waals surface area contributed by atoms with E-state index in [1.807, 2.05) is 25.3 Å². The van der Waals surface area contributed by atoms with Gasteiger partial charge in [0.05, 0.1) is 35.2 Å². The summed E-state index contributed by atoms with van der Waals surface area (Å²) in [5.74, 6) is -0.624.